The number of hydrogen-bond donors (Lipinski definition) is 2. The fourth-order valence-corrected chi connectivity index (χ4v) is 20.1. The fraction of sp³-hybridized carbons (Fsp3) is 0.696. The van der Waals surface area contributed by atoms with Crippen molar-refractivity contribution in [3.05, 3.63) is 46.5 Å². The lowest BCUT2D eigenvalue weighted by molar-refractivity contribution is 0.389. The molecule has 0 heterocycles. The number of rotatable bonds is 14. The van der Waals surface area contributed by atoms with Crippen molar-refractivity contribution in [2.75, 3.05) is 0 Å². The van der Waals surface area contributed by atoms with E-state index in [4.69, 9.17) is 18.8 Å². The summed E-state index contributed by atoms with van der Waals surface area (Å²) in [6.45, 7) is 40.4. The van der Waals surface area contributed by atoms with Gasteiger partial charge in [-0.1, -0.05) is 137 Å². The van der Waals surface area contributed by atoms with Gasteiger partial charge in [-0.25, -0.2) is 0 Å². The standard InChI is InChI=1S/C46H78N2O4Si2/c1-29(2)53(30(3)4,31(5)6)51-37-23-35(43(49)39(25-37)45(13,14)15)27-47-41-21-19-20-22-42(41)48-28-36-24-38(26-40(44(36)50)46(16,17)18)52-54(32(7)8,33(9)10)34(11)12/h23-34,41-42,49-50H,19-22H2,1-18H3/t41-,42-/m1/s1. The monoisotopic (exact) mass is 779 g/mol. The predicted octanol–water partition coefficient (Wildman–Crippen LogP) is 13.7. The van der Waals surface area contributed by atoms with Crippen LogP contribution in [0.25, 0.3) is 0 Å². The molecule has 304 valence electrons. The molecule has 0 unspecified atom stereocenters. The van der Waals surface area contributed by atoms with Crippen LogP contribution in [0.15, 0.2) is 34.3 Å². The third-order valence-electron chi connectivity index (χ3n) is 12.3. The second-order valence-electron chi connectivity index (χ2n) is 20.1. The van der Waals surface area contributed by atoms with Gasteiger partial charge in [-0.3, -0.25) is 9.98 Å². The third kappa shape index (κ3) is 9.85. The summed E-state index contributed by atoms with van der Waals surface area (Å²) < 4.78 is 14.3. The molecule has 0 bridgehead atoms. The minimum absolute atomic E-state index is 0.0425. The molecule has 0 saturated heterocycles. The van der Waals surface area contributed by atoms with Crippen LogP contribution in [0.3, 0.4) is 0 Å². The van der Waals surface area contributed by atoms with Gasteiger partial charge in [-0.2, -0.15) is 0 Å². The summed E-state index contributed by atoms with van der Waals surface area (Å²) in [4.78, 5) is 10.3. The highest BCUT2D eigenvalue weighted by Crippen LogP contribution is 2.46. The maximum atomic E-state index is 11.7. The molecule has 1 saturated carbocycles. The smallest absolute Gasteiger partial charge is 0.258 e. The van der Waals surface area contributed by atoms with Crippen LogP contribution in [0.4, 0.5) is 0 Å². The van der Waals surface area contributed by atoms with Gasteiger partial charge in [-0.05, 0) is 81.2 Å². The largest absolute Gasteiger partial charge is 0.543 e. The lowest BCUT2D eigenvalue weighted by Gasteiger charge is -2.42. The topological polar surface area (TPSA) is 83.6 Å². The van der Waals surface area contributed by atoms with Crippen LogP contribution < -0.4 is 8.85 Å². The quantitative estimate of drug-likeness (QED) is 0.148. The fourth-order valence-electron chi connectivity index (χ4n) is 9.62. The van der Waals surface area contributed by atoms with Crippen molar-refractivity contribution in [2.24, 2.45) is 9.98 Å². The summed E-state index contributed by atoms with van der Waals surface area (Å²) in [6, 6.07) is 8.02. The molecule has 0 amide bonds. The molecule has 1 aliphatic rings. The maximum absolute atomic E-state index is 11.7. The van der Waals surface area contributed by atoms with E-state index < -0.39 is 16.6 Å². The van der Waals surface area contributed by atoms with Gasteiger partial charge in [0, 0.05) is 34.7 Å². The van der Waals surface area contributed by atoms with Crippen LogP contribution in [-0.2, 0) is 10.8 Å². The van der Waals surface area contributed by atoms with E-state index in [0.717, 1.165) is 48.3 Å². The Morgan fingerprint density at radius 3 is 1.06 bits per heavy atom. The zero-order valence-corrected chi connectivity index (χ0v) is 39.5. The third-order valence-corrected chi connectivity index (χ3v) is 24.4. The molecule has 1 fully saturated rings. The van der Waals surface area contributed by atoms with Crippen LogP contribution in [0.2, 0.25) is 33.2 Å². The molecule has 2 N–H and O–H groups in total. The van der Waals surface area contributed by atoms with Gasteiger partial charge < -0.3 is 19.1 Å². The first-order chi connectivity index (χ1) is 24.8. The summed E-state index contributed by atoms with van der Waals surface area (Å²) >= 11 is 0. The molecule has 0 aromatic heterocycles. The zero-order valence-electron chi connectivity index (χ0n) is 37.5. The molecule has 1 aliphatic carbocycles. The van der Waals surface area contributed by atoms with E-state index in [0.29, 0.717) is 44.4 Å². The zero-order chi connectivity index (χ0) is 41.1. The molecule has 54 heavy (non-hydrogen) atoms. The van der Waals surface area contributed by atoms with Crippen molar-refractivity contribution in [1.29, 1.82) is 0 Å². The number of hydrogen-bond acceptors (Lipinski definition) is 6. The Bertz CT molecular complexity index is 1450. The van der Waals surface area contributed by atoms with E-state index in [1.807, 2.05) is 24.6 Å². The van der Waals surface area contributed by atoms with Crippen molar-refractivity contribution in [3.63, 3.8) is 0 Å². The number of phenolic OH excluding ortho intramolecular Hbond substituents is 2. The minimum atomic E-state index is -2.23. The molecule has 0 spiro atoms. The van der Waals surface area contributed by atoms with E-state index in [-0.39, 0.29) is 34.4 Å². The van der Waals surface area contributed by atoms with E-state index in [2.05, 4.69) is 137 Å². The van der Waals surface area contributed by atoms with Crippen molar-refractivity contribution in [2.45, 2.75) is 206 Å². The van der Waals surface area contributed by atoms with E-state index in [9.17, 15) is 10.2 Å². The maximum Gasteiger partial charge on any atom is 0.258 e. The molecule has 2 atom stereocenters. The Morgan fingerprint density at radius 2 is 0.815 bits per heavy atom. The first-order valence-corrected chi connectivity index (χ1v) is 25.3. The predicted molar refractivity (Wildman–Crippen MR) is 238 cm³/mol. The van der Waals surface area contributed by atoms with E-state index in [1.165, 1.54) is 0 Å². The van der Waals surface area contributed by atoms with Gasteiger partial charge in [0.05, 0.1) is 12.1 Å². The van der Waals surface area contributed by atoms with Crippen molar-refractivity contribution < 1.29 is 19.1 Å². The Hall–Kier alpha value is -2.59. The molecular formula is C46H78N2O4Si2. The molecule has 0 radical (unpaired) electrons. The number of benzene rings is 2. The van der Waals surface area contributed by atoms with Gasteiger partial charge in [0.25, 0.3) is 16.6 Å². The summed E-state index contributed by atoms with van der Waals surface area (Å²) in [5, 5.41) is 23.3. The average molecular weight is 779 g/mol. The van der Waals surface area contributed by atoms with Crippen LogP contribution >= 0.6 is 0 Å². The van der Waals surface area contributed by atoms with Gasteiger partial charge in [-0.15, -0.1) is 0 Å². The second kappa shape index (κ2) is 17.7. The van der Waals surface area contributed by atoms with Gasteiger partial charge in [0.15, 0.2) is 0 Å². The SMILES string of the molecule is CC(C)[Si](Oc1cc(C=N[C@@H]2CCCC[C@H]2N=Cc2cc(O[Si](C(C)C)(C(C)C)C(C)C)cc(C(C)(C)C)c2O)c(O)c(C(C)(C)C)c1)(C(C)C)C(C)C. The highest BCUT2D eigenvalue weighted by Gasteiger charge is 2.48. The van der Waals surface area contributed by atoms with Crippen LogP contribution in [0.5, 0.6) is 23.0 Å². The van der Waals surface area contributed by atoms with Crippen LogP contribution in [0, 0.1) is 0 Å². The second-order valence-corrected chi connectivity index (χ2v) is 30.9. The summed E-state index contributed by atoms with van der Waals surface area (Å²) in [6.07, 6.45) is 7.71. The summed E-state index contributed by atoms with van der Waals surface area (Å²) in [7, 11) is -4.46. The lowest BCUT2D eigenvalue weighted by atomic mass is 9.85. The number of aliphatic imine (C=N–C) groups is 2. The molecule has 2 aromatic carbocycles. The first kappa shape index (κ1) is 45.8. The Balaban J connectivity index is 2.09. The molecule has 3 rings (SSSR count). The number of nitrogens with zero attached hydrogens (tertiary/aromatic N) is 2. The molecule has 6 nitrogen and oxygen atoms in total. The molecule has 8 heteroatoms. The van der Waals surface area contributed by atoms with Gasteiger partial charge in [0.2, 0.25) is 0 Å². The van der Waals surface area contributed by atoms with Crippen molar-refractivity contribution in [3.8, 4) is 23.0 Å². The minimum Gasteiger partial charge on any atom is -0.543 e. The van der Waals surface area contributed by atoms with E-state index >= 15 is 0 Å². The van der Waals surface area contributed by atoms with Crippen molar-refractivity contribution in [1.82, 2.24) is 0 Å². The molecular weight excluding hydrogens is 701 g/mol. The summed E-state index contributed by atoms with van der Waals surface area (Å²) in [5.74, 6) is 2.18. The summed E-state index contributed by atoms with van der Waals surface area (Å²) in [5.41, 5.74) is 5.12. The lowest BCUT2D eigenvalue weighted by Crippen LogP contribution is -2.50. The number of phenols is 2. The Labute approximate surface area is 333 Å². The highest BCUT2D eigenvalue weighted by atomic mass is 28.4. The number of aromatic hydroxyl groups is 2. The Kier molecular flexibility index (Phi) is 15.0. The van der Waals surface area contributed by atoms with Gasteiger partial charge >= 0.3 is 0 Å². The highest BCUT2D eigenvalue weighted by molar-refractivity contribution is 6.78. The van der Waals surface area contributed by atoms with Crippen LogP contribution in [-0.4, -0.2) is 51.4 Å². The average Bonchev–Trinajstić information content (AvgIpc) is 3.04. The normalized spacial score (nSPS) is 18.1. The molecule has 2 aromatic rings. The van der Waals surface area contributed by atoms with Crippen molar-refractivity contribution >= 4 is 29.1 Å². The Morgan fingerprint density at radius 1 is 0.537 bits per heavy atom. The van der Waals surface area contributed by atoms with Crippen LogP contribution in [0.1, 0.15) is 173 Å². The van der Waals surface area contributed by atoms with Gasteiger partial charge in [0.1, 0.15) is 23.0 Å². The first-order valence-electron chi connectivity index (χ1n) is 21.0. The molecule has 0 aliphatic heterocycles. The van der Waals surface area contributed by atoms with E-state index in [1.54, 1.807) is 0 Å².